The molecule has 0 bridgehead atoms. The molecule has 0 atom stereocenters. The quantitative estimate of drug-likeness (QED) is 0.561. The van der Waals surface area contributed by atoms with Crippen LogP contribution in [0.5, 0.6) is 0 Å². The van der Waals surface area contributed by atoms with Gasteiger partial charge in [0.25, 0.3) is 5.91 Å². The SMILES string of the molecule is CNC(=O)Cc1ccc(NC(=O)c2ccccc2SCc2ccc(C#N)cc2)cc1. The van der Waals surface area contributed by atoms with Crippen molar-refractivity contribution in [2.75, 3.05) is 12.4 Å². The van der Waals surface area contributed by atoms with Crippen molar-refractivity contribution >= 4 is 29.3 Å². The van der Waals surface area contributed by atoms with Gasteiger partial charge in [0.15, 0.2) is 0 Å². The van der Waals surface area contributed by atoms with E-state index in [1.165, 1.54) is 0 Å². The Balaban J connectivity index is 1.66. The van der Waals surface area contributed by atoms with Gasteiger partial charge in [0.2, 0.25) is 5.91 Å². The smallest absolute Gasteiger partial charge is 0.256 e. The second-order valence-corrected chi connectivity index (χ2v) is 7.61. The fourth-order valence-corrected chi connectivity index (χ4v) is 3.80. The molecule has 3 aromatic carbocycles. The molecule has 0 aliphatic heterocycles. The highest BCUT2D eigenvalue weighted by molar-refractivity contribution is 7.98. The topological polar surface area (TPSA) is 82.0 Å². The molecule has 0 spiro atoms. The van der Waals surface area contributed by atoms with Crippen molar-refractivity contribution in [1.29, 1.82) is 5.26 Å². The minimum absolute atomic E-state index is 0.0556. The highest BCUT2D eigenvalue weighted by Crippen LogP contribution is 2.27. The standard InChI is InChI=1S/C24H21N3O2S/c1-26-23(28)14-17-10-12-20(13-11-17)27-24(29)21-4-2-3-5-22(21)30-16-19-8-6-18(15-25)7-9-19/h2-13H,14,16H2,1H3,(H,26,28)(H,27,29). The summed E-state index contributed by atoms with van der Waals surface area (Å²) >= 11 is 1.58. The van der Waals surface area contributed by atoms with Crippen LogP contribution in [0.15, 0.2) is 77.7 Å². The molecule has 0 fully saturated rings. The molecule has 0 aliphatic rings. The Morgan fingerprint density at radius 1 is 0.933 bits per heavy atom. The number of rotatable bonds is 7. The Hall–Kier alpha value is -3.56. The maximum atomic E-state index is 12.8. The Morgan fingerprint density at radius 3 is 2.27 bits per heavy atom. The van der Waals surface area contributed by atoms with Gasteiger partial charge in [-0.3, -0.25) is 9.59 Å². The summed E-state index contributed by atoms with van der Waals surface area (Å²) in [6.45, 7) is 0. The lowest BCUT2D eigenvalue weighted by molar-refractivity contribution is -0.119. The van der Waals surface area contributed by atoms with E-state index >= 15 is 0 Å². The van der Waals surface area contributed by atoms with E-state index < -0.39 is 0 Å². The molecule has 3 rings (SSSR count). The highest BCUT2D eigenvalue weighted by Gasteiger charge is 2.12. The summed E-state index contributed by atoms with van der Waals surface area (Å²) < 4.78 is 0. The monoisotopic (exact) mass is 415 g/mol. The lowest BCUT2D eigenvalue weighted by Gasteiger charge is -2.11. The predicted molar refractivity (Wildman–Crippen MR) is 119 cm³/mol. The molecule has 0 aromatic heterocycles. The summed E-state index contributed by atoms with van der Waals surface area (Å²) in [4.78, 5) is 25.2. The third-order valence-electron chi connectivity index (χ3n) is 4.46. The van der Waals surface area contributed by atoms with E-state index in [0.29, 0.717) is 29.0 Å². The number of anilines is 1. The number of amides is 2. The van der Waals surface area contributed by atoms with Crippen molar-refractivity contribution < 1.29 is 9.59 Å². The molecule has 0 saturated carbocycles. The van der Waals surface area contributed by atoms with Crippen LogP contribution in [0.25, 0.3) is 0 Å². The highest BCUT2D eigenvalue weighted by atomic mass is 32.2. The normalized spacial score (nSPS) is 10.1. The summed E-state index contributed by atoms with van der Waals surface area (Å²) in [5.74, 6) is 0.460. The van der Waals surface area contributed by atoms with E-state index in [-0.39, 0.29) is 11.8 Å². The predicted octanol–water partition coefficient (Wildman–Crippen LogP) is 4.39. The van der Waals surface area contributed by atoms with Gasteiger partial charge in [-0.25, -0.2) is 0 Å². The van der Waals surface area contributed by atoms with Crippen molar-refractivity contribution in [3.63, 3.8) is 0 Å². The largest absolute Gasteiger partial charge is 0.359 e. The second-order valence-electron chi connectivity index (χ2n) is 6.59. The van der Waals surface area contributed by atoms with Crippen LogP contribution in [0.2, 0.25) is 0 Å². The molecular formula is C24H21N3O2S. The Kier molecular flexibility index (Phi) is 7.25. The summed E-state index contributed by atoms with van der Waals surface area (Å²) in [5.41, 5.74) is 3.87. The summed E-state index contributed by atoms with van der Waals surface area (Å²) in [7, 11) is 1.60. The van der Waals surface area contributed by atoms with Gasteiger partial charge in [0.1, 0.15) is 0 Å². The summed E-state index contributed by atoms with van der Waals surface area (Å²) in [6.07, 6.45) is 0.305. The van der Waals surface area contributed by atoms with Gasteiger partial charge >= 0.3 is 0 Å². The number of hydrogen-bond acceptors (Lipinski definition) is 4. The molecule has 3 aromatic rings. The van der Waals surface area contributed by atoms with E-state index in [9.17, 15) is 9.59 Å². The number of carbonyl (C=O) groups is 2. The zero-order chi connectivity index (χ0) is 21.3. The molecule has 30 heavy (non-hydrogen) atoms. The van der Waals surface area contributed by atoms with Crippen LogP contribution in [-0.2, 0) is 17.0 Å². The lowest BCUT2D eigenvalue weighted by atomic mass is 10.1. The van der Waals surface area contributed by atoms with Gasteiger partial charge in [-0.15, -0.1) is 11.8 Å². The van der Waals surface area contributed by atoms with Crippen LogP contribution < -0.4 is 10.6 Å². The number of nitrogens with one attached hydrogen (secondary N) is 2. The first-order valence-corrected chi connectivity index (χ1v) is 10.4. The minimum Gasteiger partial charge on any atom is -0.359 e. The number of hydrogen-bond donors (Lipinski definition) is 2. The number of likely N-dealkylation sites (N-methyl/N-ethyl adjacent to an activating group) is 1. The molecule has 0 heterocycles. The van der Waals surface area contributed by atoms with Crippen LogP contribution in [0, 0.1) is 11.3 Å². The molecule has 2 amide bonds. The Bertz CT molecular complexity index is 1070. The first-order valence-electron chi connectivity index (χ1n) is 9.41. The van der Waals surface area contributed by atoms with Gasteiger partial charge < -0.3 is 10.6 Å². The molecule has 2 N–H and O–H groups in total. The maximum Gasteiger partial charge on any atom is 0.256 e. The summed E-state index contributed by atoms with van der Waals surface area (Å²) in [6, 6.07) is 24.3. The van der Waals surface area contributed by atoms with Gasteiger partial charge in [-0.2, -0.15) is 5.26 Å². The first kappa shape index (κ1) is 21.2. The lowest BCUT2D eigenvalue weighted by Crippen LogP contribution is -2.19. The van der Waals surface area contributed by atoms with Gasteiger partial charge in [-0.05, 0) is 47.5 Å². The number of carbonyl (C=O) groups excluding carboxylic acids is 2. The average Bonchev–Trinajstić information content (AvgIpc) is 2.79. The Morgan fingerprint density at radius 2 is 1.60 bits per heavy atom. The number of nitriles is 1. The van der Waals surface area contributed by atoms with Crippen LogP contribution in [0.3, 0.4) is 0 Å². The number of benzene rings is 3. The molecule has 0 saturated heterocycles. The van der Waals surface area contributed by atoms with Crippen molar-refractivity contribution in [3.8, 4) is 6.07 Å². The molecule has 0 radical (unpaired) electrons. The fourth-order valence-electron chi connectivity index (χ4n) is 2.79. The zero-order valence-corrected chi connectivity index (χ0v) is 17.3. The van der Waals surface area contributed by atoms with E-state index in [2.05, 4.69) is 16.7 Å². The Labute approximate surface area is 180 Å². The van der Waals surface area contributed by atoms with Crippen molar-refractivity contribution in [1.82, 2.24) is 5.32 Å². The maximum absolute atomic E-state index is 12.8. The van der Waals surface area contributed by atoms with Gasteiger partial charge in [-0.1, -0.05) is 36.4 Å². The summed E-state index contributed by atoms with van der Waals surface area (Å²) in [5, 5.41) is 14.4. The molecule has 0 aliphatic carbocycles. The van der Waals surface area contributed by atoms with E-state index in [1.807, 2.05) is 42.5 Å². The molecule has 150 valence electrons. The van der Waals surface area contributed by atoms with E-state index in [4.69, 9.17) is 5.26 Å². The average molecular weight is 416 g/mol. The van der Waals surface area contributed by atoms with E-state index in [1.54, 1.807) is 49.1 Å². The van der Waals surface area contributed by atoms with Crippen LogP contribution >= 0.6 is 11.8 Å². The first-order chi connectivity index (χ1) is 14.6. The third-order valence-corrected chi connectivity index (χ3v) is 5.61. The third kappa shape index (κ3) is 5.72. The van der Waals surface area contributed by atoms with Crippen LogP contribution in [0.1, 0.15) is 27.0 Å². The molecule has 5 nitrogen and oxygen atoms in total. The fraction of sp³-hybridized carbons (Fsp3) is 0.125. The second kappa shape index (κ2) is 10.3. The molecular weight excluding hydrogens is 394 g/mol. The van der Waals surface area contributed by atoms with Crippen molar-refractivity contribution in [2.24, 2.45) is 0 Å². The van der Waals surface area contributed by atoms with Crippen LogP contribution in [0.4, 0.5) is 5.69 Å². The van der Waals surface area contributed by atoms with Crippen molar-refractivity contribution in [3.05, 3.63) is 95.1 Å². The van der Waals surface area contributed by atoms with Crippen LogP contribution in [-0.4, -0.2) is 18.9 Å². The van der Waals surface area contributed by atoms with Gasteiger partial charge in [0, 0.05) is 23.4 Å². The number of thioether (sulfide) groups is 1. The molecule has 0 unspecified atom stereocenters. The van der Waals surface area contributed by atoms with E-state index in [0.717, 1.165) is 16.0 Å². The van der Waals surface area contributed by atoms with Crippen molar-refractivity contribution in [2.45, 2.75) is 17.1 Å². The van der Waals surface area contributed by atoms with Gasteiger partial charge in [0.05, 0.1) is 23.6 Å². The minimum atomic E-state index is -0.183. The molecule has 6 heteroatoms. The zero-order valence-electron chi connectivity index (χ0n) is 16.5. The number of nitrogens with zero attached hydrogens (tertiary/aromatic N) is 1.